The minimum Gasteiger partial charge on any atom is -0.392 e. The van der Waals surface area contributed by atoms with Crippen LogP contribution < -0.4 is 0 Å². The van der Waals surface area contributed by atoms with Gasteiger partial charge < -0.3 is 5.11 Å². The molecule has 2 rings (SSSR count). The molecule has 0 spiro atoms. The van der Waals surface area contributed by atoms with E-state index < -0.39 is 0 Å². The standard InChI is InChI=1S/C16H25NO/c1-12-5-6-14(13(2)9-12)10-17-8-7-15(18)16(3,4)11-17/h5-6,9,15,18H,7-8,10-11H2,1-4H3. The molecule has 0 bridgehead atoms. The van der Waals surface area contributed by atoms with Gasteiger partial charge in [-0.1, -0.05) is 37.6 Å². The lowest BCUT2D eigenvalue weighted by atomic mass is 9.81. The van der Waals surface area contributed by atoms with Crippen molar-refractivity contribution in [3.8, 4) is 0 Å². The van der Waals surface area contributed by atoms with Crippen molar-refractivity contribution in [3.05, 3.63) is 34.9 Å². The Labute approximate surface area is 111 Å². The summed E-state index contributed by atoms with van der Waals surface area (Å²) in [6.07, 6.45) is 0.727. The summed E-state index contributed by atoms with van der Waals surface area (Å²) in [6.45, 7) is 11.6. The topological polar surface area (TPSA) is 23.5 Å². The molecule has 0 amide bonds. The van der Waals surface area contributed by atoms with Gasteiger partial charge >= 0.3 is 0 Å². The number of piperidine rings is 1. The molecule has 0 radical (unpaired) electrons. The fourth-order valence-electron chi connectivity index (χ4n) is 2.86. The van der Waals surface area contributed by atoms with Gasteiger partial charge in [-0.15, -0.1) is 0 Å². The molecule has 1 aromatic carbocycles. The van der Waals surface area contributed by atoms with Crippen LogP contribution in [-0.4, -0.2) is 29.2 Å². The molecule has 1 saturated heterocycles. The molecule has 1 aliphatic heterocycles. The van der Waals surface area contributed by atoms with Gasteiger partial charge in [0.15, 0.2) is 0 Å². The van der Waals surface area contributed by atoms with Crippen molar-refractivity contribution in [1.29, 1.82) is 0 Å². The van der Waals surface area contributed by atoms with Crippen molar-refractivity contribution in [2.45, 2.75) is 46.8 Å². The molecule has 1 unspecified atom stereocenters. The van der Waals surface area contributed by atoms with Crippen molar-refractivity contribution < 1.29 is 5.11 Å². The van der Waals surface area contributed by atoms with Crippen LogP contribution in [0.4, 0.5) is 0 Å². The lowest BCUT2D eigenvalue weighted by Crippen LogP contribution is -2.48. The summed E-state index contributed by atoms with van der Waals surface area (Å²) in [7, 11) is 0. The van der Waals surface area contributed by atoms with E-state index in [0.29, 0.717) is 0 Å². The summed E-state index contributed by atoms with van der Waals surface area (Å²) in [5.41, 5.74) is 4.12. The highest BCUT2D eigenvalue weighted by Crippen LogP contribution is 2.30. The summed E-state index contributed by atoms with van der Waals surface area (Å²) in [5.74, 6) is 0. The maximum absolute atomic E-state index is 9.99. The largest absolute Gasteiger partial charge is 0.392 e. The molecule has 100 valence electrons. The van der Waals surface area contributed by atoms with Gasteiger partial charge in [0.25, 0.3) is 0 Å². The second-order valence-corrected chi connectivity index (χ2v) is 6.43. The first kappa shape index (κ1) is 13.6. The Morgan fingerprint density at radius 1 is 1.33 bits per heavy atom. The number of aliphatic hydroxyl groups excluding tert-OH is 1. The van der Waals surface area contributed by atoms with Crippen molar-refractivity contribution in [2.24, 2.45) is 5.41 Å². The molecule has 1 N–H and O–H groups in total. The summed E-state index contributed by atoms with van der Waals surface area (Å²) >= 11 is 0. The SMILES string of the molecule is Cc1ccc(CN2CCC(O)C(C)(C)C2)c(C)c1. The fraction of sp³-hybridized carbons (Fsp3) is 0.625. The van der Waals surface area contributed by atoms with Crippen LogP contribution in [0.1, 0.15) is 37.0 Å². The maximum atomic E-state index is 9.99. The summed E-state index contributed by atoms with van der Waals surface area (Å²) < 4.78 is 0. The molecular formula is C16H25NO. The molecule has 0 aromatic heterocycles. The monoisotopic (exact) mass is 247 g/mol. The minimum absolute atomic E-state index is 0.0108. The van der Waals surface area contributed by atoms with Crippen molar-refractivity contribution in [2.75, 3.05) is 13.1 Å². The zero-order valence-electron chi connectivity index (χ0n) is 12.0. The van der Waals surface area contributed by atoms with Gasteiger partial charge in [0.05, 0.1) is 6.10 Å². The highest BCUT2D eigenvalue weighted by Gasteiger charge is 2.34. The number of nitrogens with zero attached hydrogens (tertiary/aromatic N) is 1. The first-order chi connectivity index (χ1) is 8.38. The Morgan fingerprint density at radius 2 is 2.06 bits per heavy atom. The lowest BCUT2D eigenvalue weighted by Gasteiger charge is -2.42. The molecule has 1 heterocycles. The predicted octanol–water partition coefficient (Wildman–Crippen LogP) is 2.90. The van der Waals surface area contributed by atoms with Gasteiger partial charge in [0, 0.05) is 25.0 Å². The predicted molar refractivity (Wildman–Crippen MR) is 75.6 cm³/mol. The number of hydrogen-bond acceptors (Lipinski definition) is 2. The van der Waals surface area contributed by atoms with Crippen LogP contribution in [0.15, 0.2) is 18.2 Å². The smallest absolute Gasteiger partial charge is 0.0615 e. The van der Waals surface area contributed by atoms with E-state index in [1.165, 1.54) is 16.7 Å². The first-order valence-corrected chi connectivity index (χ1v) is 6.85. The molecule has 1 atom stereocenters. The van der Waals surface area contributed by atoms with Gasteiger partial charge in [-0.05, 0) is 31.4 Å². The van der Waals surface area contributed by atoms with Crippen LogP contribution in [-0.2, 0) is 6.54 Å². The summed E-state index contributed by atoms with van der Waals surface area (Å²) in [4.78, 5) is 2.46. The van der Waals surface area contributed by atoms with Crippen molar-refractivity contribution in [1.82, 2.24) is 4.90 Å². The lowest BCUT2D eigenvalue weighted by molar-refractivity contribution is -0.0270. The Balaban J connectivity index is 2.06. The molecule has 0 aliphatic carbocycles. The quantitative estimate of drug-likeness (QED) is 0.868. The number of hydrogen-bond donors (Lipinski definition) is 1. The highest BCUT2D eigenvalue weighted by atomic mass is 16.3. The van der Waals surface area contributed by atoms with Crippen LogP contribution in [0.25, 0.3) is 0 Å². The first-order valence-electron chi connectivity index (χ1n) is 6.85. The zero-order valence-corrected chi connectivity index (χ0v) is 12.0. The summed E-state index contributed by atoms with van der Waals surface area (Å²) in [6, 6.07) is 6.67. The van der Waals surface area contributed by atoms with Crippen molar-refractivity contribution in [3.63, 3.8) is 0 Å². The fourth-order valence-corrected chi connectivity index (χ4v) is 2.86. The van der Waals surface area contributed by atoms with Crippen LogP contribution >= 0.6 is 0 Å². The number of rotatable bonds is 2. The Bertz CT molecular complexity index is 425. The number of likely N-dealkylation sites (tertiary alicyclic amines) is 1. The molecule has 0 saturated carbocycles. The molecule has 1 fully saturated rings. The Morgan fingerprint density at radius 3 is 2.67 bits per heavy atom. The molecule has 18 heavy (non-hydrogen) atoms. The van der Waals surface area contributed by atoms with Gasteiger partial charge in [0.1, 0.15) is 0 Å². The molecule has 2 heteroatoms. The summed E-state index contributed by atoms with van der Waals surface area (Å²) in [5, 5.41) is 9.99. The van der Waals surface area contributed by atoms with Crippen molar-refractivity contribution >= 4 is 0 Å². The average molecular weight is 247 g/mol. The number of benzene rings is 1. The van der Waals surface area contributed by atoms with E-state index in [4.69, 9.17) is 0 Å². The van der Waals surface area contributed by atoms with E-state index >= 15 is 0 Å². The third-order valence-electron chi connectivity index (χ3n) is 4.14. The van der Waals surface area contributed by atoms with Gasteiger partial charge in [-0.25, -0.2) is 0 Å². The van der Waals surface area contributed by atoms with Crippen LogP contribution in [0.2, 0.25) is 0 Å². The van der Waals surface area contributed by atoms with Gasteiger partial charge in [-0.2, -0.15) is 0 Å². The van der Waals surface area contributed by atoms with Crippen LogP contribution in [0.5, 0.6) is 0 Å². The van der Waals surface area contributed by atoms with E-state index in [9.17, 15) is 5.11 Å². The normalized spacial score (nSPS) is 24.2. The van der Waals surface area contributed by atoms with Gasteiger partial charge in [-0.3, -0.25) is 4.90 Å². The second kappa shape index (κ2) is 5.02. The van der Waals surface area contributed by atoms with Gasteiger partial charge in [0.2, 0.25) is 0 Å². The highest BCUT2D eigenvalue weighted by molar-refractivity contribution is 5.30. The zero-order chi connectivity index (χ0) is 13.3. The van der Waals surface area contributed by atoms with E-state index in [0.717, 1.165) is 26.1 Å². The molecule has 1 aromatic rings. The Hall–Kier alpha value is -0.860. The maximum Gasteiger partial charge on any atom is 0.0615 e. The van der Waals surface area contributed by atoms with Crippen LogP contribution in [0.3, 0.4) is 0 Å². The van der Waals surface area contributed by atoms with Crippen LogP contribution in [0, 0.1) is 19.3 Å². The Kier molecular flexibility index (Phi) is 3.79. The number of aliphatic hydroxyl groups is 1. The van der Waals surface area contributed by atoms with E-state index in [-0.39, 0.29) is 11.5 Å². The molecule has 2 nitrogen and oxygen atoms in total. The average Bonchev–Trinajstić information content (AvgIpc) is 2.27. The third-order valence-corrected chi connectivity index (χ3v) is 4.14. The van der Waals surface area contributed by atoms with E-state index in [1.54, 1.807) is 0 Å². The van der Waals surface area contributed by atoms with E-state index in [2.05, 4.69) is 50.8 Å². The number of aryl methyl sites for hydroxylation is 2. The van der Waals surface area contributed by atoms with E-state index in [1.807, 2.05) is 0 Å². The second-order valence-electron chi connectivity index (χ2n) is 6.43. The third kappa shape index (κ3) is 2.93. The minimum atomic E-state index is -0.159. The molecule has 1 aliphatic rings. The molecular weight excluding hydrogens is 222 g/mol.